The van der Waals surface area contributed by atoms with E-state index in [0.29, 0.717) is 24.2 Å². The van der Waals surface area contributed by atoms with Crippen molar-refractivity contribution in [2.45, 2.75) is 26.3 Å². The molecule has 2 aromatic carbocycles. The molecule has 0 unspecified atom stereocenters. The van der Waals surface area contributed by atoms with Crippen LogP contribution in [-0.2, 0) is 28.0 Å². The van der Waals surface area contributed by atoms with Gasteiger partial charge in [-0.05, 0) is 30.5 Å². The van der Waals surface area contributed by atoms with Crippen LogP contribution in [0.1, 0.15) is 24.5 Å². The summed E-state index contributed by atoms with van der Waals surface area (Å²) in [6.45, 7) is 2.23. The standard InChI is InChI=1S/C20H24FN3O3S/c1-2-16-8-4-6-11-19(16)22-20(25)15-24-13-7-12-23(28(24,26)27)14-17-9-3-5-10-18(17)21/h3-6,8-11H,2,7,12-15H2,1H3,(H,22,25). The normalized spacial score (nSPS) is 17.4. The molecule has 1 saturated heterocycles. The molecular formula is C20H24FN3O3S. The lowest BCUT2D eigenvalue weighted by Crippen LogP contribution is -2.51. The van der Waals surface area contributed by atoms with Gasteiger partial charge in [0.1, 0.15) is 5.82 Å². The first-order chi connectivity index (χ1) is 13.4. The maximum Gasteiger partial charge on any atom is 0.282 e. The topological polar surface area (TPSA) is 69.7 Å². The average molecular weight is 405 g/mol. The zero-order valence-corrected chi connectivity index (χ0v) is 16.6. The number of nitrogens with one attached hydrogen (secondary N) is 1. The summed E-state index contributed by atoms with van der Waals surface area (Å²) in [7, 11) is -3.84. The van der Waals surface area contributed by atoms with E-state index in [9.17, 15) is 17.6 Å². The number of aryl methyl sites for hydroxylation is 1. The van der Waals surface area contributed by atoms with Gasteiger partial charge in [0.25, 0.3) is 10.2 Å². The number of carbonyl (C=O) groups excluding carboxylic acids is 1. The van der Waals surface area contributed by atoms with E-state index >= 15 is 0 Å². The first-order valence-electron chi connectivity index (χ1n) is 9.28. The van der Waals surface area contributed by atoms with Crippen molar-refractivity contribution in [2.75, 3.05) is 25.0 Å². The number of carbonyl (C=O) groups is 1. The zero-order chi connectivity index (χ0) is 20.1. The average Bonchev–Trinajstić information content (AvgIpc) is 2.67. The molecule has 28 heavy (non-hydrogen) atoms. The third-order valence-electron chi connectivity index (χ3n) is 4.76. The summed E-state index contributed by atoms with van der Waals surface area (Å²) in [5.41, 5.74) is 1.99. The first-order valence-corrected chi connectivity index (χ1v) is 10.7. The fraction of sp³-hybridized carbons (Fsp3) is 0.350. The van der Waals surface area contributed by atoms with Gasteiger partial charge >= 0.3 is 0 Å². The Labute approximate surface area is 165 Å². The van der Waals surface area contributed by atoms with Gasteiger partial charge in [-0.15, -0.1) is 0 Å². The van der Waals surface area contributed by atoms with Gasteiger partial charge in [-0.3, -0.25) is 4.79 Å². The number of hydrogen-bond donors (Lipinski definition) is 1. The highest BCUT2D eigenvalue weighted by atomic mass is 32.2. The molecule has 0 saturated carbocycles. The number of benzene rings is 2. The van der Waals surface area contributed by atoms with Crippen LogP contribution in [0.5, 0.6) is 0 Å². The molecule has 0 radical (unpaired) electrons. The Morgan fingerprint density at radius 3 is 2.39 bits per heavy atom. The Kier molecular flexibility index (Phi) is 6.43. The number of anilines is 1. The molecule has 0 aliphatic carbocycles. The maximum atomic E-state index is 13.9. The maximum absolute atomic E-state index is 13.9. The van der Waals surface area contributed by atoms with Crippen molar-refractivity contribution in [1.82, 2.24) is 8.61 Å². The van der Waals surface area contributed by atoms with Gasteiger partial charge in [-0.1, -0.05) is 43.3 Å². The van der Waals surface area contributed by atoms with Crippen LogP contribution in [0.2, 0.25) is 0 Å². The summed E-state index contributed by atoms with van der Waals surface area (Å²) < 4.78 is 42.1. The van der Waals surface area contributed by atoms with E-state index in [1.807, 2.05) is 25.1 Å². The molecule has 0 atom stereocenters. The molecule has 3 rings (SSSR count). The summed E-state index contributed by atoms with van der Waals surface area (Å²) >= 11 is 0. The molecule has 0 spiro atoms. The molecule has 1 heterocycles. The van der Waals surface area contributed by atoms with Crippen LogP contribution in [0.4, 0.5) is 10.1 Å². The molecule has 8 heteroatoms. The first kappa shape index (κ1) is 20.4. The molecule has 1 N–H and O–H groups in total. The van der Waals surface area contributed by atoms with Gasteiger partial charge in [-0.2, -0.15) is 17.0 Å². The van der Waals surface area contributed by atoms with Crippen molar-refractivity contribution in [3.63, 3.8) is 0 Å². The van der Waals surface area contributed by atoms with E-state index in [1.165, 1.54) is 10.4 Å². The Morgan fingerprint density at radius 2 is 1.68 bits per heavy atom. The van der Waals surface area contributed by atoms with Crippen LogP contribution in [0, 0.1) is 5.82 Å². The van der Waals surface area contributed by atoms with Crippen LogP contribution in [0.15, 0.2) is 48.5 Å². The summed E-state index contributed by atoms with van der Waals surface area (Å²) in [6, 6.07) is 13.5. The fourth-order valence-corrected chi connectivity index (χ4v) is 4.88. The Morgan fingerprint density at radius 1 is 1.04 bits per heavy atom. The number of rotatable bonds is 6. The van der Waals surface area contributed by atoms with Crippen LogP contribution in [-0.4, -0.2) is 42.6 Å². The largest absolute Gasteiger partial charge is 0.325 e. The van der Waals surface area contributed by atoms with E-state index in [-0.39, 0.29) is 19.6 Å². The molecule has 6 nitrogen and oxygen atoms in total. The van der Waals surface area contributed by atoms with Crippen molar-refractivity contribution in [3.05, 3.63) is 65.5 Å². The SMILES string of the molecule is CCc1ccccc1NC(=O)CN1CCCN(Cc2ccccc2F)S1(=O)=O. The number of nitrogens with zero attached hydrogens (tertiary/aromatic N) is 2. The van der Waals surface area contributed by atoms with Crippen molar-refractivity contribution >= 4 is 21.8 Å². The molecule has 1 amide bonds. The third-order valence-corrected chi connectivity index (χ3v) is 6.69. The van der Waals surface area contributed by atoms with E-state index in [4.69, 9.17) is 0 Å². The molecule has 1 aliphatic rings. The number of amides is 1. The summed E-state index contributed by atoms with van der Waals surface area (Å²) in [4.78, 5) is 12.5. The highest BCUT2D eigenvalue weighted by Crippen LogP contribution is 2.21. The van der Waals surface area contributed by atoms with Gasteiger partial charge in [0.2, 0.25) is 5.91 Å². The molecule has 1 aliphatic heterocycles. The lowest BCUT2D eigenvalue weighted by Gasteiger charge is -2.34. The second-order valence-electron chi connectivity index (χ2n) is 6.68. The summed E-state index contributed by atoms with van der Waals surface area (Å²) in [6.07, 6.45) is 1.33. The monoisotopic (exact) mass is 405 g/mol. The lowest BCUT2D eigenvalue weighted by atomic mass is 10.1. The molecule has 0 bridgehead atoms. The van der Waals surface area contributed by atoms with Gasteiger partial charge in [-0.25, -0.2) is 4.39 Å². The van der Waals surface area contributed by atoms with E-state index in [2.05, 4.69) is 5.32 Å². The van der Waals surface area contributed by atoms with Crippen molar-refractivity contribution in [3.8, 4) is 0 Å². The van der Waals surface area contributed by atoms with Crippen LogP contribution >= 0.6 is 0 Å². The summed E-state index contributed by atoms with van der Waals surface area (Å²) in [5.74, 6) is -0.832. The number of para-hydroxylation sites is 1. The van der Waals surface area contributed by atoms with Crippen LogP contribution < -0.4 is 5.32 Å². The smallest absolute Gasteiger partial charge is 0.282 e. The second-order valence-corrected chi connectivity index (χ2v) is 8.61. The van der Waals surface area contributed by atoms with Crippen LogP contribution in [0.25, 0.3) is 0 Å². The molecular weight excluding hydrogens is 381 g/mol. The molecule has 2 aromatic rings. The molecule has 0 aromatic heterocycles. The second kappa shape index (κ2) is 8.81. The quantitative estimate of drug-likeness (QED) is 0.804. The third kappa shape index (κ3) is 4.57. The van der Waals surface area contributed by atoms with Gasteiger partial charge in [0.05, 0.1) is 6.54 Å². The highest BCUT2D eigenvalue weighted by molar-refractivity contribution is 7.86. The predicted octanol–water partition coefficient (Wildman–Crippen LogP) is 2.78. The Balaban J connectivity index is 1.70. The minimum absolute atomic E-state index is 0.0498. The predicted molar refractivity (Wildman–Crippen MR) is 106 cm³/mol. The number of hydrogen-bond acceptors (Lipinski definition) is 3. The van der Waals surface area contributed by atoms with Gasteiger partial charge in [0, 0.05) is 30.9 Å². The van der Waals surface area contributed by atoms with E-state index < -0.39 is 21.9 Å². The molecule has 1 fully saturated rings. The van der Waals surface area contributed by atoms with E-state index in [0.717, 1.165) is 16.3 Å². The Hall–Kier alpha value is -2.29. The Bertz CT molecular complexity index is 949. The van der Waals surface area contributed by atoms with E-state index in [1.54, 1.807) is 24.3 Å². The van der Waals surface area contributed by atoms with Crippen molar-refractivity contribution < 1.29 is 17.6 Å². The zero-order valence-electron chi connectivity index (χ0n) is 15.8. The summed E-state index contributed by atoms with van der Waals surface area (Å²) in [5, 5.41) is 2.80. The minimum atomic E-state index is -3.84. The van der Waals surface area contributed by atoms with Gasteiger partial charge in [0.15, 0.2) is 0 Å². The molecule has 150 valence electrons. The number of halogens is 1. The highest BCUT2D eigenvalue weighted by Gasteiger charge is 2.35. The fourth-order valence-electron chi connectivity index (χ4n) is 3.26. The van der Waals surface area contributed by atoms with Crippen LogP contribution in [0.3, 0.4) is 0 Å². The van der Waals surface area contributed by atoms with Crippen molar-refractivity contribution in [2.24, 2.45) is 0 Å². The minimum Gasteiger partial charge on any atom is -0.325 e. The van der Waals surface area contributed by atoms with Gasteiger partial charge < -0.3 is 5.32 Å². The lowest BCUT2D eigenvalue weighted by molar-refractivity contribution is -0.116. The van der Waals surface area contributed by atoms with Crippen molar-refractivity contribution in [1.29, 1.82) is 0 Å².